The zero-order chi connectivity index (χ0) is 6.85. The molecule has 0 spiro atoms. The minimum absolute atomic E-state index is 0.227. The molecule has 1 fully saturated rings. The van der Waals surface area contributed by atoms with Gasteiger partial charge in [0.05, 0.1) is 11.9 Å². The molecule has 0 bridgehead atoms. The van der Waals surface area contributed by atoms with E-state index in [4.69, 9.17) is 23.2 Å². The normalized spacial score (nSPS) is 36.0. The number of amides is 1. The number of hydrogen-bond donors (Lipinski definition) is 1. The van der Waals surface area contributed by atoms with Gasteiger partial charge >= 0.3 is 0 Å². The van der Waals surface area contributed by atoms with Crippen LogP contribution in [0.4, 0.5) is 0 Å². The molecule has 9 heavy (non-hydrogen) atoms. The molecule has 0 saturated carbocycles. The second-order valence-corrected chi connectivity index (χ2v) is 2.64. The van der Waals surface area contributed by atoms with Gasteiger partial charge in [-0.2, -0.15) is 0 Å². The third-order valence-electron chi connectivity index (χ3n) is 0.930. The summed E-state index contributed by atoms with van der Waals surface area (Å²) in [7, 11) is 0. The fraction of sp³-hybridized carbons (Fsp3) is 0.750. The summed E-state index contributed by atoms with van der Waals surface area (Å²) < 4.78 is 0. The van der Waals surface area contributed by atoms with Crippen molar-refractivity contribution in [3.05, 3.63) is 0 Å². The van der Waals surface area contributed by atoms with E-state index in [0.29, 0.717) is 0 Å². The van der Waals surface area contributed by atoms with Crippen LogP contribution in [0, 0.1) is 0 Å². The third-order valence-corrected chi connectivity index (χ3v) is 1.43. The van der Waals surface area contributed by atoms with E-state index in [0.717, 1.165) is 0 Å². The van der Waals surface area contributed by atoms with Gasteiger partial charge in [0.15, 0.2) is 5.62 Å². The van der Waals surface area contributed by atoms with Crippen molar-refractivity contribution in [1.29, 1.82) is 0 Å². The van der Waals surface area contributed by atoms with Crippen molar-refractivity contribution in [3.8, 4) is 0 Å². The molecule has 1 saturated heterocycles. The minimum atomic E-state index is -0.645. The predicted molar refractivity (Wildman–Crippen MR) is 34.2 cm³/mol. The van der Waals surface area contributed by atoms with E-state index in [9.17, 15) is 4.79 Å². The van der Waals surface area contributed by atoms with Crippen molar-refractivity contribution in [2.24, 2.45) is 0 Å². The van der Waals surface area contributed by atoms with E-state index in [2.05, 4.69) is 10.6 Å². The highest BCUT2D eigenvalue weighted by atomic mass is 35.5. The van der Waals surface area contributed by atoms with Crippen molar-refractivity contribution in [1.82, 2.24) is 10.6 Å². The summed E-state index contributed by atoms with van der Waals surface area (Å²) in [5, 5.41) is 6.12. The van der Waals surface area contributed by atoms with Gasteiger partial charge in [0.2, 0.25) is 5.91 Å². The summed E-state index contributed by atoms with van der Waals surface area (Å²) >= 11 is 11.0. The standard InChI is InChI=1S/C4H5Cl2N2O/c5-2-1-3(9)8-4(6)7-2/h2,4,7H,1H2. The molecule has 0 aromatic rings. The Morgan fingerprint density at radius 2 is 2.33 bits per heavy atom. The Morgan fingerprint density at radius 1 is 1.67 bits per heavy atom. The molecular formula is C4H5Cl2N2O. The summed E-state index contributed by atoms with van der Waals surface area (Å²) in [5.41, 5.74) is -1.01. The fourth-order valence-corrected chi connectivity index (χ4v) is 1.15. The Bertz CT molecular complexity index is 118. The Kier molecular flexibility index (Phi) is 2.16. The summed E-state index contributed by atoms with van der Waals surface area (Å²) in [6, 6.07) is 0. The van der Waals surface area contributed by atoms with E-state index in [1.54, 1.807) is 0 Å². The van der Waals surface area contributed by atoms with Gasteiger partial charge in [-0.1, -0.05) is 11.6 Å². The predicted octanol–water partition coefficient (Wildman–Crippen LogP) is 0.198. The van der Waals surface area contributed by atoms with E-state index in [-0.39, 0.29) is 17.8 Å². The zero-order valence-electron chi connectivity index (χ0n) is 4.47. The smallest absolute Gasteiger partial charge is 0.246 e. The highest BCUT2D eigenvalue weighted by Gasteiger charge is 2.23. The molecule has 1 rings (SSSR count). The van der Waals surface area contributed by atoms with Crippen LogP contribution in [0.3, 0.4) is 0 Å². The topological polar surface area (TPSA) is 43.2 Å². The van der Waals surface area contributed by atoms with Gasteiger partial charge in [0.25, 0.3) is 0 Å². The Morgan fingerprint density at radius 3 is 2.78 bits per heavy atom. The van der Waals surface area contributed by atoms with Crippen LogP contribution in [0.1, 0.15) is 6.42 Å². The Balaban J connectivity index is 2.43. The molecule has 2 unspecified atom stereocenters. The summed E-state index contributed by atoms with van der Waals surface area (Å²) in [4.78, 5) is 10.5. The molecule has 1 amide bonds. The van der Waals surface area contributed by atoms with Gasteiger partial charge in [-0.3, -0.25) is 10.1 Å². The van der Waals surface area contributed by atoms with E-state index < -0.39 is 5.62 Å². The number of nitrogens with zero attached hydrogens (tertiary/aromatic N) is 1. The van der Waals surface area contributed by atoms with Gasteiger partial charge in [-0.25, -0.2) is 5.32 Å². The second kappa shape index (κ2) is 2.73. The first kappa shape index (κ1) is 7.12. The molecule has 1 aliphatic heterocycles. The maximum absolute atomic E-state index is 10.5. The number of carbonyl (C=O) groups is 1. The van der Waals surface area contributed by atoms with Crippen LogP contribution in [-0.2, 0) is 4.79 Å². The maximum Gasteiger partial charge on any atom is 0.246 e. The third kappa shape index (κ3) is 2.01. The molecule has 1 N–H and O–H groups in total. The zero-order valence-corrected chi connectivity index (χ0v) is 5.99. The van der Waals surface area contributed by atoms with Gasteiger partial charge < -0.3 is 0 Å². The molecule has 1 radical (unpaired) electrons. The van der Waals surface area contributed by atoms with Crippen molar-refractivity contribution in [3.63, 3.8) is 0 Å². The highest BCUT2D eigenvalue weighted by Crippen LogP contribution is 2.07. The number of halogens is 2. The van der Waals surface area contributed by atoms with E-state index in [1.165, 1.54) is 0 Å². The van der Waals surface area contributed by atoms with Gasteiger partial charge in [0, 0.05) is 0 Å². The van der Waals surface area contributed by atoms with Gasteiger partial charge in [-0.15, -0.1) is 11.6 Å². The quantitative estimate of drug-likeness (QED) is 0.414. The molecular weight excluding hydrogens is 163 g/mol. The van der Waals surface area contributed by atoms with E-state index in [1.807, 2.05) is 0 Å². The molecule has 3 nitrogen and oxygen atoms in total. The Hall–Kier alpha value is 0.01000. The second-order valence-electron chi connectivity index (χ2n) is 1.70. The van der Waals surface area contributed by atoms with Crippen LogP contribution >= 0.6 is 23.2 Å². The molecule has 0 aromatic heterocycles. The van der Waals surface area contributed by atoms with Crippen molar-refractivity contribution >= 4 is 29.1 Å². The minimum Gasteiger partial charge on any atom is -0.273 e. The lowest BCUT2D eigenvalue weighted by Crippen LogP contribution is -2.47. The number of hydrogen-bond acceptors (Lipinski definition) is 2. The highest BCUT2D eigenvalue weighted by molar-refractivity contribution is 6.25. The summed E-state index contributed by atoms with van der Waals surface area (Å²) in [6.45, 7) is 0. The summed E-state index contributed by atoms with van der Waals surface area (Å²) in [5.74, 6) is -0.242. The van der Waals surface area contributed by atoms with Crippen LogP contribution < -0.4 is 10.6 Å². The first-order chi connectivity index (χ1) is 4.18. The lowest BCUT2D eigenvalue weighted by atomic mass is 10.3. The molecule has 5 heteroatoms. The monoisotopic (exact) mass is 167 g/mol. The first-order valence-corrected chi connectivity index (χ1v) is 3.33. The largest absolute Gasteiger partial charge is 0.273 e. The number of alkyl halides is 2. The average Bonchev–Trinajstić information content (AvgIpc) is 1.59. The Labute approximate surface area is 62.7 Å². The molecule has 2 atom stereocenters. The molecule has 0 aliphatic carbocycles. The molecule has 51 valence electrons. The van der Waals surface area contributed by atoms with Crippen molar-refractivity contribution < 1.29 is 4.79 Å². The number of carbonyl (C=O) groups excluding carboxylic acids is 1. The number of nitrogens with one attached hydrogen (secondary N) is 1. The lowest BCUT2D eigenvalue weighted by molar-refractivity contribution is -0.123. The lowest BCUT2D eigenvalue weighted by Gasteiger charge is -2.20. The first-order valence-electron chi connectivity index (χ1n) is 2.46. The van der Waals surface area contributed by atoms with Crippen molar-refractivity contribution in [2.45, 2.75) is 17.5 Å². The van der Waals surface area contributed by atoms with Crippen LogP contribution in [0.2, 0.25) is 0 Å². The van der Waals surface area contributed by atoms with Crippen LogP contribution in [0.25, 0.3) is 0 Å². The SMILES string of the molecule is O=C1CC(Cl)NC(Cl)[N]1. The maximum atomic E-state index is 10.5. The van der Waals surface area contributed by atoms with Gasteiger partial charge in [0.1, 0.15) is 0 Å². The van der Waals surface area contributed by atoms with Gasteiger partial charge in [-0.05, 0) is 0 Å². The fourth-order valence-electron chi connectivity index (χ4n) is 0.578. The van der Waals surface area contributed by atoms with Crippen LogP contribution in [-0.4, -0.2) is 17.0 Å². The van der Waals surface area contributed by atoms with Crippen molar-refractivity contribution in [2.75, 3.05) is 0 Å². The van der Waals surface area contributed by atoms with E-state index >= 15 is 0 Å². The molecule has 1 heterocycles. The van der Waals surface area contributed by atoms with Crippen LogP contribution in [0.15, 0.2) is 0 Å². The number of rotatable bonds is 0. The molecule has 1 aliphatic rings. The average molecular weight is 168 g/mol. The molecule has 0 aromatic carbocycles. The van der Waals surface area contributed by atoms with Crippen LogP contribution in [0.5, 0.6) is 0 Å². The summed E-state index contributed by atoms with van der Waals surface area (Å²) in [6.07, 6.45) is 0.227.